The average molecular weight is 380 g/mol. The lowest BCUT2D eigenvalue weighted by atomic mass is 10.0. The van der Waals surface area contributed by atoms with Gasteiger partial charge >= 0.3 is 6.36 Å². The second kappa shape index (κ2) is 7.43. The molecule has 9 heteroatoms. The molecule has 3 rings (SSSR count). The van der Waals surface area contributed by atoms with Gasteiger partial charge in [-0.05, 0) is 43.2 Å². The molecule has 2 aromatic rings. The zero-order valence-corrected chi connectivity index (χ0v) is 14.3. The number of anilines is 2. The maximum Gasteiger partial charge on any atom is 0.573 e. The monoisotopic (exact) mass is 380 g/mol. The number of pyridine rings is 1. The van der Waals surface area contributed by atoms with Crippen molar-refractivity contribution in [2.24, 2.45) is 0 Å². The molecule has 1 fully saturated rings. The first-order chi connectivity index (χ1) is 12.7. The molecule has 0 bridgehead atoms. The highest BCUT2D eigenvalue weighted by atomic mass is 19.4. The van der Waals surface area contributed by atoms with E-state index in [4.69, 9.17) is 11.1 Å². The van der Waals surface area contributed by atoms with Crippen molar-refractivity contribution < 1.29 is 23.0 Å². The molecule has 2 heterocycles. The van der Waals surface area contributed by atoms with Crippen LogP contribution in [0.2, 0.25) is 0 Å². The molecular formula is C18H19F3N4O2. The van der Waals surface area contributed by atoms with Gasteiger partial charge in [-0.3, -0.25) is 5.41 Å². The number of nitrogens with two attached hydrogens (primary N) is 1. The van der Waals surface area contributed by atoms with Crippen molar-refractivity contribution in [2.75, 3.05) is 23.7 Å². The summed E-state index contributed by atoms with van der Waals surface area (Å²) in [6, 6.07) is 6.77. The number of rotatable bonds is 4. The zero-order chi connectivity index (χ0) is 19.6. The van der Waals surface area contributed by atoms with Crippen LogP contribution < -0.4 is 15.4 Å². The number of nitrogens with one attached hydrogen (secondary N) is 1. The Kier molecular flexibility index (Phi) is 5.22. The first-order valence-electron chi connectivity index (χ1n) is 8.36. The molecule has 1 aromatic heterocycles. The number of alkyl halides is 3. The lowest BCUT2D eigenvalue weighted by molar-refractivity contribution is -0.274. The van der Waals surface area contributed by atoms with E-state index in [9.17, 15) is 18.3 Å². The highest BCUT2D eigenvalue weighted by molar-refractivity contribution is 6.14. The van der Waals surface area contributed by atoms with Gasteiger partial charge in [-0.2, -0.15) is 0 Å². The van der Waals surface area contributed by atoms with Gasteiger partial charge in [0.15, 0.2) is 0 Å². The molecular weight excluding hydrogens is 361 g/mol. The second-order valence-corrected chi connectivity index (χ2v) is 6.29. The third-order valence-corrected chi connectivity index (χ3v) is 4.35. The number of benzene rings is 1. The minimum Gasteiger partial charge on any atom is -0.406 e. The highest BCUT2D eigenvalue weighted by Gasteiger charge is 2.31. The molecule has 1 aliphatic rings. The van der Waals surface area contributed by atoms with Gasteiger partial charge in [0.25, 0.3) is 0 Å². The van der Waals surface area contributed by atoms with E-state index in [2.05, 4.69) is 9.72 Å². The summed E-state index contributed by atoms with van der Waals surface area (Å²) in [5, 5.41) is 18.0. The lowest BCUT2D eigenvalue weighted by Crippen LogP contribution is -2.36. The molecule has 1 saturated heterocycles. The lowest BCUT2D eigenvalue weighted by Gasteiger charge is -2.30. The number of nitrogen functional groups attached to an aromatic ring is 1. The Hall–Kier alpha value is -2.81. The minimum absolute atomic E-state index is 0.0270. The summed E-state index contributed by atoms with van der Waals surface area (Å²) in [7, 11) is 0. The maximum atomic E-state index is 12.4. The molecule has 0 amide bonds. The van der Waals surface area contributed by atoms with Crippen molar-refractivity contribution in [3.63, 3.8) is 0 Å². The van der Waals surface area contributed by atoms with Crippen molar-refractivity contribution in [1.29, 1.82) is 5.41 Å². The normalized spacial score (nSPS) is 15.6. The molecule has 1 aromatic carbocycles. The summed E-state index contributed by atoms with van der Waals surface area (Å²) in [6.45, 7) is 1.28. The van der Waals surface area contributed by atoms with E-state index in [0.29, 0.717) is 37.3 Å². The number of hydrogen-bond donors (Lipinski definition) is 3. The first kappa shape index (κ1) is 19.0. The van der Waals surface area contributed by atoms with Crippen LogP contribution in [-0.2, 0) is 0 Å². The topological polar surface area (TPSA) is 95.5 Å². The molecule has 4 N–H and O–H groups in total. The Balaban J connectivity index is 1.85. The fourth-order valence-electron chi connectivity index (χ4n) is 2.95. The molecule has 1 aliphatic heterocycles. The minimum atomic E-state index is -4.82. The second-order valence-electron chi connectivity index (χ2n) is 6.29. The van der Waals surface area contributed by atoms with E-state index in [1.54, 1.807) is 12.1 Å². The van der Waals surface area contributed by atoms with Crippen LogP contribution >= 0.6 is 0 Å². The van der Waals surface area contributed by atoms with Gasteiger partial charge < -0.3 is 20.5 Å². The van der Waals surface area contributed by atoms with E-state index < -0.39 is 12.1 Å². The maximum absolute atomic E-state index is 12.4. The molecule has 0 atom stereocenters. The molecule has 6 nitrogen and oxygen atoms in total. The molecule has 0 aliphatic carbocycles. The van der Waals surface area contributed by atoms with E-state index in [-0.39, 0.29) is 23.1 Å². The van der Waals surface area contributed by atoms with Crippen molar-refractivity contribution in [3.05, 3.63) is 47.7 Å². The number of aliphatic hydroxyl groups is 1. The first-order valence-corrected chi connectivity index (χ1v) is 8.36. The third kappa shape index (κ3) is 4.68. The summed E-state index contributed by atoms with van der Waals surface area (Å²) >= 11 is 0. The van der Waals surface area contributed by atoms with Crippen LogP contribution in [0.5, 0.6) is 5.75 Å². The number of ether oxygens (including phenoxy) is 1. The predicted octanol–water partition coefficient (Wildman–Crippen LogP) is 2.94. The van der Waals surface area contributed by atoms with Crippen molar-refractivity contribution in [2.45, 2.75) is 25.3 Å². The number of aromatic nitrogens is 1. The molecule has 0 saturated carbocycles. The van der Waals surface area contributed by atoms with Gasteiger partial charge in [0.2, 0.25) is 0 Å². The fraction of sp³-hybridized carbons (Fsp3) is 0.333. The molecule has 144 valence electrons. The zero-order valence-electron chi connectivity index (χ0n) is 14.3. The quantitative estimate of drug-likeness (QED) is 0.560. The Morgan fingerprint density at radius 1 is 1.22 bits per heavy atom. The van der Waals surface area contributed by atoms with E-state index in [1.807, 2.05) is 4.90 Å². The van der Waals surface area contributed by atoms with Crippen molar-refractivity contribution in [3.8, 4) is 5.75 Å². The van der Waals surface area contributed by atoms with Crippen LogP contribution in [0, 0.1) is 5.41 Å². The third-order valence-electron chi connectivity index (χ3n) is 4.35. The summed E-state index contributed by atoms with van der Waals surface area (Å²) in [5.74, 6) is 0.209. The Morgan fingerprint density at radius 2 is 1.93 bits per heavy atom. The van der Waals surface area contributed by atoms with Crippen LogP contribution in [0.4, 0.5) is 24.7 Å². The highest BCUT2D eigenvalue weighted by Crippen LogP contribution is 2.28. The summed E-state index contributed by atoms with van der Waals surface area (Å²) in [4.78, 5) is 6.29. The van der Waals surface area contributed by atoms with Gasteiger partial charge in [-0.15, -0.1) is 13.2 Å². The average Bonchev–Trinajstić information content (AvgIpc) is 2.62. The van der Waals surface area contributed by atoms with Crippen LogP contribution in [0.15, 0.2) is 36.5 Å². The van der Waals surface area contributed by atoms with Gasteiger partial charge in [0.1, 0.15) is 11.6 Å². The van der Waals surface area contributed by atoms with Crippen LogP contribution in [0.25, 0.3) is 0 Å². The van der Waals surface area contributed by atoms with Gasteiger partial charge in [0, 0.05) is 36.1 Å². The summed E-state index contributed by atoms with van der Waals surface area (Å²) in [5.41, 5.74) is 6.62. The number of piperidine rings is 1. The molecule has 0 spiro atoms. The van der Waals surface area contributed by atoms with Crippen LogP contribution in [0.3, 0.4) is 0 Å². The van der Waals surface area contributed by atoms with E-state index >= 15 is 0 Å². The van der Waals surface area contributed by atoms with Gasteiger partial charge in [0.05, 0.1) is 11.8 Å². The molecule has 0 radical (unpaired) electrons. The van der Waals surface area contributed by atoms with Crippen molar-refractivity contribution >= 4 is 17.2 Å². The summed E-state index contributed by atoms with van der Waals surface area (Å²) in [6.07, 6.45) is -2.34. The van der Waals surface area contributed by atoms with Crippen LogP contribution in [0.1, 0.15) is 24.0 Å². The van der Waals surface area contributed by atoms with Crippen LogP contribution in [-0.4, -0.2) is 41.4 Å². The Morgan fingerprint density at radius 3 is 2.59 bits per heavy atom. The standard InChI is InChI=1S/C18H19F3N4O2/c19-18(20,21)27-13-1-2-15(22)14(10-13)17(23)11-3-6-24-16(9-11)25-7-4-12(26)5-8-25/h1-3,6,9-10,12,23,26H,4-5,7-8,22H2. The molecule has 0 unspecified atom stereocenters. The number of nitrogens with zero attached hydrogens (tertiary/aromatic N) is 2. The Bertz CT molecular complexity index is 834. The van der Waals surface area contributed by atoms with Gasteiger partial charge in [-0.1, -0.05) is 0 Å². The number of hydrogen-bond acceptors (Lipinski definition) is 6. The largest absolute Gasteiger partial charge is 0.573 e. The molecule has 27 heavy (non-hydrogen) atoms. The van der Waals surface area contributed by atoms with E-state index in [1.165, 1.54) is 12.3 Å². The predicted molar refractivity (Wildman–Crippen MR) is 95.2 cm³/mol. The van der Waals surface area contributed by atoms with Crippen molar-refractivity contribution in [1.82, 2.24) is 4.98 Å². The SMILES string of the molecule is N=C(c1ccnc(N2CCC(O)CC2)c1)c1cc(OC(F)(F)F)ccc1N. The smallest absolute Gasteiger partial charge is 0.406 e. The van der Waals surface area contributed by atoms with Gasteiger partial charge in [-0.25, -0.2) is 4.98 Å². The van der Waals surface area contributed by atoms with E-state index in [0.717, 1.165) is 12.1 Å². The number of aliphatic hydroxyl groups excluding tert-OH is 1. The number of halogens is 3. The summed E-state index contributed by atoms with van der Waals surface area (Å²) < 4.78 is 41.3. The Labute approximate surface area is 153 Å². The fourth-order valence-corrected chi connectivity index (χ4v) is 2.95.